The van der Waals surface area contributed by atoms with Gasteiger partial charge in [0.2, 0.25) is 11.7 Å². The Kier molecular flexibility index (Phi) is 5.31. The summed E-state index contributed by atoms with van der Waals surface area (Å²) in [6.45, 7) is 3.98. The highest BCUT2D eigenvalue weighted by Crippen LogP contribution is 2.24. The van der Waals surface area contributed by atoms with Crippen LogP contribution in [0.2, 0.25) is 0 Å². The summed E-state index contributed by atoms with van der Waals surface area (Å²) >= 11 is 0. The number of amides is 1. The highest BCUT2D eigenvalue weighted by atomic mass is 16.5. The summed E-state index contributed by atoms with van der Waals surface area (Å²) in [4.78, 5) is 17.0. The molecule has 0 aliphatic carbocycles. The second kappa shape index (κ2) is 7.82. The second-order valence-electron chi connectivity index (χ2n) is 6.25. The Balaban J connectivity index is 1.79. The summed E-state index contributed by atoms with van der Waals surface area (Å²) in [5.74, 6) is 1.48. The zero-order valence-corrected chi connectivity index (χ0v) is 15.0. The van der Waals surface area contributed by atoms with Crippen molar-refractivity contribution in [3.8, 4) is 17.1 Å². The van der Waals surface area contributed by atoms with Gasteiger partial charge in [0.1, 0.15) is 11.8 Å². The Labute approximate surface area is 152 Å². The first-order valence-electron chi connectivity index (χ1n) is 8.42. The molecule has 3 rings (SSSR count). The van der Waals surface area contributed by atoms with E-state index in [-0.39, 0.29) is 17.9 Å². The van der Waals surface area contributed by atoms with E-state index in [2.05, 4.69) is 15.5 Å². The maximum Gasteiger partial charge on any atom is 0.251 e. The normalized spacial score (nSPS) is 12.0. The summed E-state index contributed by atoms with van der Waals surface area (Å²) in [6, 6.07) is 16.1. The molecule has 6 heteroatoms. The minimum atomic E-state index is -0.380. The van der Waals surface area contributed by atoms with Crippen LogP contribution in [-0.4, -0.2) is 23.2 Å². The third kappa shape index (κ3) is 3.91. The molecule has 0 bridgehead atoms. The van der Waals surface area contributed by atoms with Crippen molar-refractivity contribution in [3.63, 3.8) is 0 Å². The summed E-state index contributed by atoms with van der Waals surface area (Å²) in [6.07, 6.45) is 0. The van der Waals surface area contributed by atoms with Crippen LogP contribution >= 0.6 is 0 Å². The molecule has 6 nitrogen and oxygen atoms in total. The lowest BCUT2D eigenvalue weighted by atomic mass is 10.0. The number of ether oxygens (including phenoxy) is 1. The van der Waals surface area contributed by atoms with Crippen LogP contribution in [0.25, 0.3) is 11.4 Å². The van der Waals surface area contributed by atoms with Crippen LogP contribution in [0, 0.1) is 5.92 Å². The summed E-state index contributed by atoms with van der Waals surface area (Å²) in [7, 11) is 1.59. The van der Waals surface area contributed by atoms with Crippen LogP contribution in [0.4, 0.5) is 0 Å². The average Bonchev–Trinajstić information content (AvgIpc) is 3.16. The second-order valence-corrected chi connectivity index (χ2v) is 6.25. The fraction of sp³-hybridized carbons (Fsp3) is 0.250. The first-order valence-corrected chi connectivity index (χ1v) is 8.42. The molecule has 2 aromatic carbocycles. The highest BCUT2D eigenvalue weighted by Gasteiger charge is 2.25. The first-order chi connectivity index (χ1) is 12.6. The summed E-state index contributed by atoms with van der Waals surface area (Å²) in [5.41, 5.74) is 1.41. The zero-order chi connectivity index (χ0) is 18.5. The van der Waals surface area contributed by atoms with Crippen LogP contribution in [-0.2, 0) is 0 Å². The van der Waals surface area contributed by atoms with Crippen LogP contribution < -0.4 is 10.1 Å². The predicted octanol–water partition coefficient (Wildman–Crippen LogP) is 3.87. The van der Waals surface area contributed by atoms with Gasteiger partial charge in [0.15, 0.2) is 0 Å². The van der Waals surface area contributed by atoms with Crippen molar-refractivity contribution in [1.29, 1.82) is 0 Å². The summed E-state index contributed by atoms with van der Waals surface area (Å²) in [5, 5.41) is 7.01. The quantitative estimate of drug-likeness (QED) is 0.729. The Hall–Kier alpha value is -3.15. The van der Waals surface area contributed by atoms with Crippen LogP contribution in [0.5, 0.6) is 5.75 Å². The lowest BCUT2D eigenvalue weighted by Gasteiger charge is -2.18. The van der Waals surface area contributed by atoms with E-state index in [0.29, 0.717) is 23.0 Å². The molecule has 3 aromatic rings. The third-order valence-electron chi connectivity index (χ3n) is 4.05. The van der Waals surface area contributed by atoms with Gasteiger partial charge in [0, 0.05) is 11.1 Å². The Morgan fingerprint density at radius 2 is 1.77 bits per heavy atom. The number of aromatic nitrogens is 2. The molecule has 0 aliphatic rings. The van der Waals surface area contributed by atoms with Crippen LogP contribution in [0.3, 0.4) is 0 Å². The third-order valence-corrected chi connectivity index (χ3v) is 4.05. The van der Waals surface area contributed by atoms with Gasteiger partial charge < -0.3 is 14.6 Å². The van der Waals surface area contributed by atoms with E-state index in [4.69, 9.17) is 9.26 Å². The molecule has 1 amide bonds. The molecule has 0 fully saturated rings. The number of methoxy groups -OCH3 is 1. The van der Waals surface area contributed by atoms with E-state index in [1.165, 1.54) is 0 Å². The number of rotatable bonds is 6. The van der Waals surface area contributed by atoms with Crippen LogP contribution in [0.15, 0.2) is 59.1 Å². The number of hydrogen-bond acceptors (Lipinski definition) is 5. The molecule has 1 heterocycles. The van der Waals surface area contributed by atoms with E-state index >= 15 is 0 Å². The minimum Gasteiger partial charge on any atom is -0.497 e. The van der Waals surface area contributed by atoms with E-state index in [0.717, 1.165) is 5.56 Å². The van der Waals surface area contributed by atoms with E-state index in [9.17, 15) is 4.79 Å². The maximum atomic E-state index is 12.6. The van der Waals surface area contributed by atoms with Crippen molar-refractivity contribution in [2.75, 3.05) is 7.11 Å². The molecular formula is C20H21N3O3. The highest BCUT2D eigenvalue weighted by molar-refractivity contribution is 5.94. The summed E-state index contributed by atoms with van der Waals surface area (Å²) < 4.78 is 10.5. The molecule has 0 saturated carbocycles. The van der Waals surface area contributed by atoms with Gasteiger partial charge in [-0.15, -0.1) is 0 Å². The van der Waals surface area contributed by atoms with Gasteiger partial charge in [-0.25, -0.2) is 0 Å². The van der Waals surface area contributed by atoms with E-state index < -0.39 is 0 Å². The molecule has 0 saturated heterocycles. The monoisotopic (exact) mass is 351 g/mol. The van der Waals surface area contributed by atoms with Gasteiger partial charge in [-0.1, -0.05) is 49.3 Å². The molecule has 1 atom stereocenters. The Morgan fingerprint density at radius 3 is 2.38 bits per heavy atom. The van der Waals surface area contributed by atoms with Crippen molar-refractivity contribution >= 4 is 5.91 Å². The van der Waals surface area contributed by atoms with Gasteiger partial charge in [-0.05, 0) is 30.2 Å². The standard InChI is InChI=1S/C20H21N3O3/c1-13(2)17(21-19(24)15-9-11-16(25-3)12-10-15)20-22-18(23-26-20)14-7-5-4-6-8-14/h4-13,17H,1-3H3,(H,21,24)/t17-/m1/s1. The van der Waals surface area contributed by atoms with Crippen molar-refractivity contribution in [2.24, 2.45) is 5.92 Å². The fourth-order valence-electron chi connectivity index (χ4n) is 2.55. The van der Waals surface area contributed by atoms with Crippen molar-refractivity contribution < 1.29 is 14.1 Å². The van der Waals surface area contributed by atoms with Gasteiger partial charge in [0.25, 0.3) is 5.91 Å². The lowest BCUT2D eigenvalue weighted by Crippen LogP contribution is -2.32. The number of nitrogens with zero attached hydrogens (tertiary/aromatic N) is 2. The van der Waals surface area contributed by atoms with Crippen molar-refractivity contribution in [1.82, 2.24) is 15.5 Å². The lowest BCUT2D eigenvalue weighted by molar-refractivity contribution is 0.0914. The van der Waals surface area contributed by atoms with Crippen LogP contribution in [0.1, 0.15) is 36.1 Å². The Bertz CT molecular complexity index is 858. The number of benzene rings is 2. The smallest absolute Gasteiger partial charge is 0.251 e. The Morgan fingerprint density at radius 1 is 1.08 bits per heavy atom. The number of carbonyl (C=O) groups is 1. The molecule has 0 radical (unpaired) electrons. The van der Waals surface area contributed by atoms with E-state index in [1.807, 2.05) is 44.2 Å². The molecule has 1 aromatic heterocycles. The molecule has 0 spiro atoms. The largest absolute Gasteiger partial charge is 0.497 e. The SMILES string of the molecule is COc1ccc(C(=O)N[C@@H](c2nc(-c3ccccc3)no2)C(C)C)cc1. The average molecular weight is 351 g/mol. The minimum absolute atomic E-state index is 0.0845. The molecule has 1 N–H and O–H groups in total. The molecule has 0 aliphatic heterocycles. The molecule has 134 valence electrons. The van der Waals surface area contributed by atoms with Gasteiger partial charge >= 0.3 is 0 Å². The van der Waals surface area contributed by atoms with Gasteiger partial charge in [-0.3, -0.25) is 4.79 Å². The molecule has 0 unspecified atom stereocenters. The van der Waals surface area contributed by atoms with Gasteiger partial charge in [-0.2, -0.15) is 4.98 Å². The fourth-order valence-corrected chi connectivity index (χ4v) is 2.55. The topological polar surface area (TPSA) is 77.2 Å². The van der Waals surface area contributed by atoms with E-state index in [1.54, 1.807) is 31.4 Å². The first kappa shape index (κ1) is 17.7. The molecular weight excluding hydrogens is 330 g/mol. The van der Waals surface area contributed by atoms with Crippen molar-refractivity contribution in [2.45, 2.75) is 19.9 Å². The maximum absolute atomic E-state index is 12.6. The van der Waals surface area contributed by atoms with Crippen molar-refractivity contribution in [3.05, 3.63) is 66.1 Å². The number of hydrogen-bond donors (Lipinski definition) is 1. The number of nitrogens with one attached hydrogen (secondary N) is 1. The number of carbonyl (C=O) groups excluding carboxylic acids is 1. The molecule has 26 heavy (non-hydrogen) atoms. The predicted molar refractivity (Wildman–Crippen MR) is 97.8 cm³/mol. The zero-order valence-electron chi connectivity index (χ0n) is 15.0. The van der Waals surface area contributed by atoms with Gasteiger partial charge in [0.05, 0.1) is 7.11 Å².